The highest BCUT2D eigenvalue weighted by atomic mass is 19.1. The van der Waals surface area contributed by atoms with E-state index in [9.17, 15) is 9.18 Å². The van der Waals surface area contributed by atoms with E-state index in [1.54, 1.807) is 26.0 Å². The smallest absolute Gasteiger partial charge is 0.234 e. The number of benzene rings is 1. The van der Waals surface area contributed by atoms with E-state index in [1.165, 1.54) is 0 Å². The van der Waals surface area contributed by atoms with Crippen LogP contribution in [0, 0.1) is 19.7 Å². The van der Waals surface area contributed by atoms with E-state index in [4.69, 9.17) is 0 Å². The van der Waals surface area contributed by atoms with Crippen LogP contribution in [0.25, 0.3) is 0 Å². The first kappa shape index (κ1) is 13.6. The van der Waals surface area contributed by atoms with Crippen LogP contribution in [0.3, 0.4) is 0 Å². The summed E-state index contributed by atoms with van der Waals surface area (Å²) in [6.45, 7) is 6.92. The van der Waals surface area contributed by atoms with Gasteiger partial charge in [-0.2, -0.15) is 0 Å². The number of nitrogens with one attached hydrogen (secondary N) is 2. The molecule has 3 nitrogen and oxygen atoms in total. The molecule has 1 rings (SSSR count). The molecule has 1 amide bonds. The SMILES string of the molecule is CCNCC(=O)NCc1cc(C)c(F)c(C)c1. The molecule has 0 spiro atoms. The Bertz CT molecular complexity index is 381. The van der Waals surface area contributed by atoms with Crippen molar-refractivity contribution in [1.29, 1.82) is 0 Å². The Labute approximate surface area is 101 Å². The quantitative estimate of drug-likeness (QED) is 0.819. The Hall–Kier alpha value is -1.42. The van der Waals surface area contributed by atoms with Crippen LogP contribution in [0.15, 0.2) is 12.1 Å². The fourth-order valence-electron chi connectivity index (χ4n) is 1.64. The van der Waals surface area contributed by atoms with Crippen LogP contribution in [0.1, 0.15) is 23.6 Å². The molecule has 94 valence electrons. The Morgan fingerprint density at radius 2 is 1.88 bits per heavy atom. The number of hydrogen-bond donors (Lipinski definition) is 2. The summed E-state index contributed by atoms with van der Waals surface area (Å²) in [6, 6.07) is 3.52. The number of halogens is 1. The minimum absolute atomic E-state index is 0.0496. The predicted octanol–water partition coefficient (Wildman–Crippen LogP) is 1.67. The summed E-state index contributed by atoms with van der Waals surface area (Å²) >= 11 is 0. The first-order valence-electron chi connectivity index (χ1n) is 5.77. The second-order valence-corrected chi connectivity index (χ2v) is 4.10. The van der Waals surface area contributed by atoms with E-state index < -0.39 is 0 Å². The Kier molecular flexibility index (Phi) is 5.10. The van der Waals surface area contributed by atoms with Crippen LogP contribution >= 0.6 is 0 Å². The molecule has 2 N–H and O–H groups in total. The highest BCUT2D eigenvalue weighted by molar-refractivity contribution is 5.77. The lowest BCUT2D eigenvalue weighted by Crippen LogP contribution is -2.33. The zero-order valence-corrected chi connectivity index (χ0v) is 10.6. The highest BCUT2D eigenvalue weighted by Crippen LogP contribution is 2.14. The van der Waals surface area contributed by atoms with Gasteiger partial charge in [-0.25, -0.2) is 4.39 Å². The predicted molar refractivity (Wildman–Crippen MR) is 66.3 cm³/mol. The third kappa shape index (κ3) is 4.15. The van der Waals surface area contributed by atoms with Crippen LogP contribution in [0.4, 0.5) is 4.39 Å². The molecular formula is C13H19FN2O. The third-order valence-electron chi connectivity index (χ3n) is 2.52. The maximum absolute atomic E-state index is 13.4. The van der Waals surface area contributed by atoms with Crippen LogP contribution < -0.4 is 10.6 Å². The van der Waals surface area contributed by atoms with Crippen molar-refractivity contribution in [1.82, 2.24) is 10.6 Å². The second-order valence-electron chi connectivity index (χ2n) is 4.10. The molecule has 0 atom stereocenters. The minimum atomic E-state index is -0.173. The normalized spacial score (nSPS) is 10.4. The number of carbonyl (C=O) groups excluding carboxylic acids is 1. The second kappa shape index (κ2) is 6.35. The molecule has 4 heteroatoms. The van der Waals surface area contributed by atoms with Gasteiger partial charge in [-0.05, 0) is 37.1 Å². The van der Waals surface area contributed by atoms with Gasteiger partial charge in [-0.3, -0.25) is 4.79 Å². The molecule has 0 aliphatic heterocycles. The zero-order chi connectivity index (χ0) is 12.8. The van der Waals surface area contributed by atoms with E-state index >= 15 is 0 Å². The number of rotatable bonds is 5. The average molecular weight is 238 g/mol. The van der Waals surface area contributed by atoms with Gasteiger partial charge in [0, 0.05) is 6.54 Å². The molecule has 0 fully saturated rings. The van der Waals surface area contributed by atoms with Crippen molar-refractivity contribution in [2.45, 2.75) is 27.3 Å². The van der Waals surface area contributed by atoms with Gasteiger partial charge in [-0.1, -0.05) is 19.1 Å². The first-order valence-corrected chi connectivity index (χ1v) is 5.77. The molecule has 0 aromatic heterocycles. The summed E-state index contributed by atoms with van der Waals surface area (Å²) in [6.07, 6.45) is 0. The number of carbonyl (C=O) groups is 1. The lowest BCUT2D eigenvalue weighted by Gasteiger charge is -2.08. The van der Waals surface area contributed by atoms with Gasteiger partial charge in [0.1, 0.15) is 5.82 Å². The first-order chi connectivity index (χ1) is 8.04. The molecular weight excluding hydrogens is 219 g/mol. The van der Waals surface area contributed by atoms with Gasteiger partial charge in [0.2, 0.25) is 5.91 Å². The van der Waals surface area contributed by atoms with Crippen molar-refractivity contribution >= 4 is 5.91 Å². The van der Waals surface area contributed by atoms with Crippen molar-refractivity contribution in [3.05, 3.63) is 34.6 Å². The number of hydrogen-bond acceptors (Lipinski definition) is 2. The summed E-state index contributed by atoms with van der Waals surface area (Å²) in [5.74, 6) is -0.223. The lowest BCUT2D eigenvalue weighted by molar-refractivity contribution is -0.120. The molecule has 1 aromatic rings. The van der Waals surface area contributed by atoms with Gasteiger partial charge < -0.3 is 10.6 Å². The van der Waals surface area contributed by atoms with Crippen LogP contribution in [-0.4, -0.2) is 19.0 Å². The molecule has 0 aliphatic rings. The summed E-state index contributed by atoms with van der Waals surface area (Å²) in [5.41, 5.74) is 2.15. The monoisotopic (exact) mass is 238 g/mol. The van der Waals surface area contributed by atoms with Crippen molar-refractivity contribution in [2.75, 3.05) is 13.1 Å². The fourth-order valence-corrected chi connectivity index (χ4v) is 1.64. The molecule has 0 aliphatic carbocycles. The van der Waals surface area contributed by atoms with Gasteiger partial charge in [0.25, 0.3) is 0 Å². The van der Waals surface area contributed by atoms with Gasteiger partial charge in [0.15, 0.2) is 0 Å². The Morgan fingerprint density at radius 3 is 2.41 bits per heavy atom. The maximum Gasteiger partial charge on any atom is 0.234 e. The van der Waals surface area contributed by atoms with E-state index in [2.05, 4.69) is 10.6 Å². The third-order valence-corrected chi connectivity index (χ3v) is 2.52. The van der Waals surface area contributed by atoms with E-state index in [1.807, 2.05) is 6.92 Å². The van der Waals surface area contributed by atoms with Crippen LogP contribution in [0.2, 0.25) is 0 Å². The molecule has 0 saturated heterocycles. The zero-order valence-electron chi connectivity index (χ0n) is 10.6. The fraction of sp³-hybridized carbons (Fsp3) is 0.462. The lowest BCUT2D eigenvalue weighted by atomic mass is 10.1. The van der Waals surface area contributed by atoms with Gasteiger partial charge >= 0.3 is 0 Å². The Morgan fingerprint density at radius 1 is 1.29 bits per heavy atom. The number of likely N-dealkylation sites (N-methyl/N-ethyl adjacent to an activating group) is 1. The van der Waals surface area contributed by atoms with Crippen molar-refractivity contribution in [2.24, 2.45) is 0 Å². The summed E-state index contributed by atoms with van der Waals surface area (Å²) < 4.78 is 13.4. The van der Waals surface area contributed by atoms with Crippen molar-refractivity contribution in [3.8, 4) is 0 Å². The van der Waals surface area contributed by atoms with Crippen molar-refractivity contribution in [3.63, 3.8) is 0 Å². The Balaban J connectivity index is 2.55. The van der Waals surface area contributed by atoms with E-state index in [0.29, 0.717) is 24.2 Å². The average Bonchev–Trinajstić information content (AvgIpc) is 2.30. The minimum Gasteiger partial charge on any atom is -0.351 e. The van der Waals surface area contributed by atoms with E-state index in [0.717, 1.165) is 12.1 Å². The van der Waals surface area contributed by atoms with Crippen LogP contribution in [0.5, 0.6) is 0 Å². The highest BCUT2D eigenvalue weighted by Gasteiger charge is 2.05. The topological polar surface area (TPSA) is 41.1 Å². The summed E-state index contributed by atoms with van der Waals surface area (Å²) in [4.78, 5) is 11.4. The van der Waals surface area contributed by atoms with Crippen molar-refractivity contribution < 1.29 is 9.18 Å². The standard InChI is InChI=1S/C13H19FN2O/c1-4-15-8-12(17)16-7-11-5-9(2)13(14)10(3)6-11/h5-6,15H,4,7-8H2,1-3H3,(H,16,17). The molecule has 0 heterocycles. The summed E-state index contributed by atoms with van der Waals surface area (Å²) in [7, 11) is 0. The molecule has 0 bridgehead atoms. The maximum atomic E-state index is 13.4. The number of aryl methyl sites for hydroxylation is 2. The molecule has 1 aromatic carbocycles. The number of amides is 1. The van der Waals surface area contributed by atoms with Gasteiger partial charge in [-0.15, -0.1) is 0 Å². The molecule has 0 radical (unpaired) electrons. The summed E-state index contributed by atoms with van der Waals surface area (Å²) in [5, 5.41) is 5.73. The van der Waals surface area contributed by atoms with E-state index in [-0.39, 0.29) is 11.7 Å². The van der Waals surface area contributed by atoms with Gasteiger partial charge in [0.05, 0.1) is 6.54 Å². The molecule has 0 saturated carbocycles. The molecule has 17 heavy (non-hydrogen) atoms. The largest absolute Gasteiger partial charge is 0.351 e. The van der Waals surface area contributed by atoms with Crippen LogP contribution in [-0.2, 0) is 11.3 Å². The molecule has 0 unspecified atom stereocenters.